The van der Waals surface area contributed by atoms with Crippen LogP contribution in [0, 0.1) is 0 Å². The minimum Gasteiger partial charge on any atom is -0.481 e. The maximum atomic E-state index is 10.3. The highest BCUT2D eigenvalue weighted by molar-refractivity contribution is 8.23. The fraction of sp³-hybridized carbons (Fsp3) is 0.778. The first-order valence-corrected chi connectivity index (χ1v) is 6.23. The fourth-order valence-electron chi connectivity index (χ4n) is 1.58. The van der Waals surface area contributed by atoms with E-state index in [9.17, 15) is 4.79 Å². The number of carboxylic acids is 1. The van der Waals surface area contributed by atoms with Gasteiger partial charge in [-0.15, -0.1) is 0 Å². The second-order valence-electron chi connectivity index (χ2n) is 3.45. The van der Waals surface area contributed by atoms with E-state index in [1.165, 1.54) is 31.0 Å². The third kappa shape index (κ3) is 4.81. The Morgan fingerprint density at radius 3 is 2.64 bits per heavy atom. The average Bonchev–Trinajstić information content (AvgIpc) is 2.16. The molecule has 0 spiro atoms. The number of carbonyl (C=O) groups is 1. The van der Waals surface area contributed by atoms with E-state index in [0.717, 1.165) is 12.8 Å². The number of thiocarbonyl (C=S) groups is 1. The average molecular weight is 233 g/mol. The van der Waals surface area contributed by atoms with Gasteiger partial charge in [0, 0.05) is 6.04 Å². The topological polar surface area (TPSA) is 49.3 Å². The lowest BCUT2D eigenvalue weighted by Gasteiger charge is -2.23. The number of aliphatic carboxylic acids is 1. The maximum Gasteiger partial charge on any atom is 0.313 e. The molecular weight excluding hydrogens is 218 g/mol. The molecule has 0 saturated heterocycles. The van der Waals surface area contributed by atoms with Gasteiger partial charge in [0.25, 0.3) is 0 Å². The van der Waals surface area contributed by atoms with Crippen molar-refractivity contribution in [3.05, 3.63) is 0 Å². The Hall–Kier alpha value is -0.290. The Kier molecular flexibility index (Phi) is 5.25. The van der Waals surface area contributed by atoms with Crippen molar-refractivity contribution in [1.29, 1.82) is 0 Å². The van der Waals surface area contributed by atoms with Gasteiger partial charge < -0.3 is 10.4 Å². The van der Waals surface area contributed by atoms with Crippen LogP contribution in [0.3, 0.4) is 0 Å². The summed E-state index contributed by atoms with van der Waals surface area (Å²) in [5.74, 6) is -0.763. The molecule has 0 radical (unpaired) electrons. The van der Waals surface area contributed by atoms with E-state index in [2.05, 4.69) is 5.32 Å². The summed E-state index contributed by atoms with van der Waals surface area (Å²) in [6.07, 6.45) is 6.14. The highest BCUT2D eigenvalue weighted by Crippen LogP contribution is 2.18. The predicted octanol–water partition coefficient (Wildman–Crippen LogP) is 2.01. The van der Waals surface area contributed by atoms with E-state index < -0.39 is 5.97 Å². The first-order valence-electron chi connectivity index (χ1n) is 4.83. The molecule has 1 saturated carbocycles. The van der Waals surface area contributed by atoms with Crippen molar-refractivity contribution in [2.24, 2.45) is 0 Å². The quantitative estimate of drug-likeness (QED) is 0.730. The first-order chi connectivity index (χ1) is 6.68. The third-order valence-electron chi connectivity index (χ3n) is 2.25. The highest BCUT2D eigenvalue weighted by atomic mass is 32.2. The van der Waals surface area contributed by atoms with Crippen LogP contribution in [0.1, 0.15) is 32.1 Å². The van der Waals surface area contributed by atoms with Gasteiger partial charge in [0.2, 0.25) is 0 Å². The van der Waals surface area contributed by atoms with E-state index in [1.807, 2.05) is 0 Å². The minimum atomic E-state index is -0.817. The highest BCUT2D eigenvalue weighted by Gasteiger charge is 2.14. The molecule has 1 rings (SSSR count). The number of rotatable bonds is 3. The number of thioether (sulfide) groups is 1. The van der Waals surface area contributed by atoms with Crippen molar-refractivity contribution in [2.75, 3.05) is 5.75 Å². The van der Waals surface area contributed by atoms with Gasteiger partial charge in [-0.25, -0.2) is 0 Å². The van der Waals surface area contributed by atoms with Gasteiger partial charge in [-0.05, 0) is 12.8 Å². The smallest absolute Gasteiger partial charge is 0.313 e. The van der Waals surface area contributed by atoms with Crippen molar-refractivity contribution in [2.45, 2.75) is 38.1 Å². The fourth-order valence-corrected chi connectivity index (χ4v) is 2.43. The molecule has 0 heterocycles. The molecule has 14 heavy (non-hydrogen) atoms. The van der Waals surface area contributed by atoms with Gasteiger partial charge in [-0.2, -0.15) is 0 Å². The lowest BCUT2D eigenvalue weighted by Crippen LogP contribution is -2.33. The summed E-state index contributed by atoms with van der Waals surface area (Å²) < 4.78 is 0.624. The minimum absolute atomic E-state index is 0.0541. The SMILES string of the molecule is O=C(O)CSC(=S)NC1CCCCC1. The molecule has 3 nitrogen and oxygen atoms in total. The lowest BCUT2D eigenvalue weighted by atomic mass is 9.96. The van der Waals surface area contributed by atoms with Gasteiger partial charge >= 0.3 is 5.97 Å². The van der Waals surface area contributed by atoms with E-state index >= 15 is 0 Å². The zero-order valence-corrected chi connectivity index (χ0v) is 9.62. The van der Waals surface area contributed by atoms with E-state index in [-0.39, 0.29) is 5.75 Å². The van der Waals surface area contributed by atoms with E-state index in [0.29, 0.717) is 10.4 Å². The second kappa shape index (κ2) is 6.24. The van der Waals surface area contributed by atoms with Crippen molar-refractivity contribution in [3.8, 4) is 0 Å². The van der Waals surface area contributed by atoms with Crippen LogP contribution in [0.2, 0.25) is 0 Å². The van der Waals surface area contributed by atoms with Crippen LogP contribution in [0.5, 0.6) is 0 Å². The zero-order valence-electron chi connectivity index (χ0n) is 7.99. The summed E-state index contributed by atoms with van der Waals surface area (Å²) in [6.45, 7) is 0. The second-order valence-corrected chi connectivity index (χ2v) is 5.10. The number of hydrogen-bond acceptors (Lipinski definition) is 3. The Bertz CT molecular complexity index is 215. The van der Waals surface area contributed by atoms with Crippen LogP contribution in [0.15, 0.2) is 0 Å². The molecule has 1 aliphatic carbocycles. The lowest BCUT2D eigenvalue weighted by molar-refractivity contribution is -0.133. The summed E-state index contributed by atoms with van der Waals surface area (Å²) in [5, 5.41) is 11.7. The molecule has 0 amide bonds. The monoisotopic (exact) mass is 233 g/mol. The predicted molar refractivity (Wildman–Crippen MR) is 62.7 cm³/mol. The Morgan fingerprint density at radius 1 is 1.43 bits per heavy atom. The molecule has 0 bridgehead atoms. The molecule has 0 aromatic carbocycles. The van der Waals surface area contributed by atoms with Crippen LogP contribution in [-0.2, 0) is 4.79 Å². The van der Waals surface area contributed by atoms with Gasteiger partial charge in [-0.1, -0.05) is 43.2 Å². The van der Waals surface area contributed by atoms with E-state index in [1.54, 1.807) is 0 Å². The van der Waals surface area contributed by atoms with Crippen molar-refractivity contribution in [3.63, 3.8) is 0 Å². The van der Waals surface area contributed by atoms with Gasteiger partial charge in [0.05, 0.1) is 5.75 Å². The largest absolute Gasteiger partial charge is 0.481 e. The van der Waals surface area contributed by atoms with Crippen LogP contribution in [0.4, 0.5) is 0 Å². The zero-order chi connectivity index (χ0) is 10.4. The summed E-state index contributed by atoms with van der Waals surface area (Å²) in [4.78, 5) is 10.3. The standard InChI is InChI=1S/C9H15NO2S2/c11-8(12)6-14-9(13)10-7-4-2-1-3-5-7/h7H,1-6H2,(H,10,13)(H,11,12). The molecule has 1 fully saturated rings. The molecule has 80 valence electrons. The molecular formula is C9H15NO2S2. The molecule has 0 aromatic rings. The molecule has 2 N–H and O–H groups in total. The van der Waals surface area contributed by atoms with Gasteiger partial charge in [0.15, 0.2) is 0 Å². The molecule has 0 atom stereocenters. The molecule has 5 heteroatoms. The molecule has 0 aliphatic heterocycles. The van der Waals surface area contributed by atoms with Gasteiger partial charge in [0.1, 0.15) is 4.32 Å². The van der Waals surface area contributed by atoms with Gasteiger partial charge in [-0.3, -0.25) is 4.79 Å². The van der Waals surface area contributed by atoms with Crippen LogP contribution in [0.25, 0.3) is 0 Å². The summed E-state index contributed by atoms with van der Waals surface area (Å²) >= 11 is 6.24. The van der Waals surface area contributed by atoms with E-state index in [4.69, 9.17) is 17.3 Å². The molecule has 0 unspecified atom stereocenters. The van der Waals surface area contributed by atoms with Crippen LogP contribution < -0.4 is 5.32 Å². The number of nitrogens with one attached hydrogen (secondary N) is 1. The first kappa shape index (κ1) is 11.8. The normalized spacial score (nSPS) is 17.7. The van der Waals surface area contributed by atoms with Crippen molar-refractivity contribution in [1.82, 2.24) is 5.32 Å². The molecule has 0 aromatic heterocycles. The summed E-state index contributed by atoms with van der Waals surface area (Å²) in [5.41, 5.74) is 0. The molecule has 1 aliphatic rings. The maximum absolute atomic E-state index is 10.3. The Labute approximate surface area is 93.6 Å². The number of hydrogen-bond donors (Lipinski definition) is 2. The Morgan fingerprint density at radius 2 is 2.07 bits per heavy atom. The summed E-state index contributed by atoms with van der Waals surface area (Å²) in [7, 11) is 0. The van der Waals surface area contributed by atoms with Crippen molar-refractivity contribution < 1.29 is 9.90 Å². The van der Waals surface area contributed by atoms with Crippen LogP contribution in [-0.4, -0.2) is 27.2 Å². The Balaban J connectivity index is 2.15. The van der Waals surface area contributed by atoms with Crippen molar-refractivity contribution >= 4 is 34.3 Å². The third-order valence-corrected chi connectivity index (χ3v) is 3.50. The van der Waals surface area contributed by atoms with Crippen LogP contribution >= 0.6 is 24.0 Å². The number of carboxylic acid groups (broad SMARTS) is 1. The summed E-state index contributed by atoms with van der Waals surface area (Å²) in [6, 6.07) is 0.470.